The highest BCUT2D eigenvalue weighted by molar-refractivity contribution is 5.77. The third-order valence-electron chi connectivity index (χ3n) is 5.67. The lowest BCUT2D eigenvalue weighted by Crippen LogP contribution is -2.44. The van der Waals surface area contributed by atoms with E-state index >= 15 is 0 Å². The first-order chi connectivity index (χ1) is 13.6. The number of benzene rings is 1. The Morgan fingerprint density at radius 2 is 1.86 bits per heavy atom. The summed E-state index contributed by atoms with van der Waals surface area (Å²) in [6, 6.07) is 10.5. The first-order valence-electron chi connectivity index (χ1n) is 10.8. The molecule has 1 aromatic carbocycles. The SMILES string of the molecule is O=C(O)CCCCCCN1C(=O)CCC[C@@H]1CCC(O)CCc1ccccc1. The molecular formula is C23H35NO4. The van der Waals surface area contributed by atoms with Crippen molar-refractivity contribution in [1.29, 1.82) is 0 Å². The number of unbranched alkanes of at least 4 members (excludes halogenated alkanes) is 3. The Hall–Kier alpha value is -1.88. The lowest BCUT2D eigenvalue weighted by Gasteiger charge is -2.36. The molecule has 2 atom stereocenters. The number of carboxylic acids is 1. The molecule has 1 aliphatic heterocycles. The van der Waals surface area contributed by atoms with E-state index in [4.69, 9.17) is 5.11 Å². The summed E-state index contributed by atoms with van der Waals surface area (Å²) in [4.78, 5) is 24.9. The highest BCUT2D eigenvalue weighted by Gasteiger charge is 2.27. The van der Waals surface area contributed by atoms with Crippen LogP contribution in [0.25, 0.3) is 0 Å². The fourth-order valence-corrected chi connectivity index (χ4v) is 4.02. The molecule has 1 heterocycles. The first-order valence-corrected chi connectivity index (χ1v) is 10.8. The number of aliphatic hydroxyl groups excluding tert-OH is 1. The van der Waals surface area contributed by atoms with Crippen molar-refractivity contribution < 1.29 is 19.8 Å². The van der Waals surface area contributed by atoms with Crippen molar-refractivity contribution in [3.63, 3.8) is 0 Å². The molecule has 0 radical (unpaired) electrons. The fourth-order valence-electron chi connectivity index (χ4n) is 4.02. The molecule has 1 unspecified atom stereocenters. The molecule has 0 saturated carbocycles. The highest BCUT2D eigenvalue weighted by atomic mass is 16.4. The van der Waals surface area contributed by atoms with Crippen LogP contribution in [0.1, 0.15) is 76.2 Å². The van der Waals surface area contributed by atoms with E-state index in [1.807, 2.05) is 23.1 Å². The van der Waals surface area contributed by atoms with Gasteiger partial charge in [-0.05, 0) is 56.9 Å². The molecule has 28 heavy (non-hydrogen) atoms. The number of aliphatic carboxylic acids is 1. The van der Waals surface area contributed by atoms with Crippen LogP contribution in [0.15, 0.2) is 30.3 Å². The van der Waals surface area contributed by atoms with Crippen LogP contribution in [0.5, 0.6) is 0 Å². The Labute approximate surface area is 168 Å². The van der Waals surface area contributed by atoms with E-state index < -0.39 is 5.97 Å². The molecule has 5 nitrogen and oxygen atoms in total. The number of carbonyl (C=O) groups excluding carboxylic acids is 1. The van der Waals surface area contributed by atoms with Gasteiger partial charge in [0.15, 0.2) is 0 Å². The predicted molar refractivity (Wildman–Crippen MR) is 110 cm³/mol. The zero-order valence-corrected chi connectivity index (χ0v) is 16.9. The van der Waals surface area contributed by atoms with Gasteiger partial charge in [-0.25, -0.2) is 0 Å². The molecule has 1 aromatic rings. The summed E-state index contributed by atoms with van der Waals surface area (Å²) < 4.78 is 0. The summed E-state index contributed by atoms with van der Waals surface area (Å²) in [6.07, 6.45) is 9.24. The Morgan fingerprint density at radius 3 is 2.61 bits per heavy atom. The van der Waals surface area contributed by atoms with Crippen molar-refractivity contribution in [2.75, 3.05) is 6.54 Å². The zero-order valence-electron chi connectivity index (χ0n) is 16.9. The van der Waals surface area contributed by atoms with Crippen LogP contribution in [0.4, 0.5) is 0 Å². The van der Waals surface area contributed by atoms with Gasteiger partial charge in [0.25, 0.3) is 0 Å². The van der Waals surface area contributed by atoms with E-state index in [9.17, 15) is 14.7 Å². The minimum absolute atomic E-state index is 0.228. The number of carboxylic acid groups (broad SMARTS) is 1. The predicted octanol–water partition coefficient (Wildman–Crippen LogP) is 4.18. The molecule has 2 N–H and O–H groups in total. The topological polar surface area (TPSA) is 77.8 Å². The van der Waals surface area contributed by atoms with Crippen molar-refractivity contribution in [1.82, 2.24) is 4.90 Å². The van der Waals surface area contributed by atoms with Crippen LogP contribution < -0.4 is 0 Å². The number of hydrogen-bond donors (Lipinski definition) is 2. The minimum Gasteiger partial charge on any atom is -0.481 e. The first kappa shape index (κ1) is 22.4. The number of aliphatic hydroxyl groups is 1. The van der Waals surface area contributed by atoms with Gasteiger partial charge in [-0.1, -0.05) is 43.2 Å². The van der Waals surface area contributed by atoms with Crippen LogP contribution in [-0.2, 0) is 16.0 Å². The third-order valence-corrected chi connectivity index (χ3v) is 5.67. The Bertz CT molecular complexity index is 590. The van der Waals surface area contributed by atoms with E-state index in [1.54, 1.807) is 0 Å². The monoisotopic (exact) mass is 389 g/mol. The van der Waals surface area contributed by atoms with E-state index in [2.05, 4.69) is 12.1 Å². The number of aryl methyl sites for hydroxylation is 1. The zero-order chi connectivity index (χ0) is 20.2. The second kappa shape index (κ2) is 12.6. The lowest BCUT2D eigenvalue weighted by molar-refractivity contribution is -0.137. The van der Waals surface area contributed by atoms with Crippen molar-refractivity contribution in [3.8, 4) is 0 Å². The van der Waals surface area contributed by atoms with Crippen LogP contribution in [0, 0.1) is 0 Å². The van der Waals surface area contributed by atoms with E-state index in [-0.39, 0.29) is 24.5 Å². The van der Waals surface area contributed by atoms with Crippen LogP contribution in [0.2, 0.25) is 0 Å². The lowest BCUT2D eigenvalue weighted by atomic mass is 9.94. The molecule has 2 rings (SSSR count). The van der Waals surface area contributed by atoms with Crippen LogP contribution in [0.3, 0.4) is 0 Å². The van der Waals surface area contributed by atoms with E-state index in [0.717, 1.165) is 64.3 Å². The quantitative estimate of drug-likeness (QED) is 0.496. The molecule has 1 fully saturated rings. The molecule has 1 aliphatic rings. The van der Waals surface area contributed by atoms with Gasteiger partial charge >= 0.3 is 5.97 Å². The molecule has 0 aliphatic carbocycles. The second-order valence-electron chi connectivity index (χ2n) is 7.95. The second-order valence-corrected chi connectivity index (χ2v) is 7.95. The summed E-state index contributed by atoms with van der Waals surface area (Å²) >= 11 is 0. The fraction of sp³-hybridized carbons (Fsp3) is 0.652. The van der Waals surface area contributed by atoms with Crippen molar-refractivity contribution in [2.24, 2.45) is 0 Å². The van der Waals surface area contributed by atoms with Crippen molar-refractivity contribution in [2.45, 2.75) is 89.2 Å². The van der Waals surface area contributed by atoms with Gasteiger partial charge in [0.05, 0.1) is 6.10 Å². The molecule has 0 aromatic heterocycles. The number of hydrogen-bond acceptors (Lipinski definition) is 3. The number of rotatable bonds is 13. The maximum Gasteiger partial charge on any atom is 0.303 e. The molecule has 0 spiro atoms. The maximum absolute atomic E-state index is 12.4. The van der Waals surface area contributed by atoms with Gasteiger partial charge in [-0.15, -0.1) is 0 Å². The molecule has 5 heteroatoms. The van der Waals surface area contributed by atoms with E-state index in [1.165, 1.54) is 5.56 Å². The average Bonchev–Trinajstić information content (AvgIpc) is 2.69. The van der Waals surface area contributed by atoms with Crippen molar-refractivity contribution >= 4 is 11.9 Å². The van der Waals surface area contributed by atoms with Crippen molar-refractivity contribution in [3.05, 3.63) is 35.9 Å². The van der Waals surface area contributed by atoms with Crippen LogP contribution in [-0.4, -0.2) is 45.7 Å². The van der Waals surface area contributed by atoms with Gasteiger partial charge in [0.2, 0.25) is 5.91 Å². The third kappa shape index (κ3) is 8.42. The largest absolute Gasteiger partial charge is 0.481 e. The minimum atomic E-state index is -0.739. The Morgan fingerprint density at radius 1 is 1.11 bits per heavy atom. The number of piperidine rings is 1. The molecule has 0 bridgehead atoms. The highest BCUT2D eigenvalue weighted by Crippen LogP contribution is 2.24. The normalized spacial score (nSPS) is 18.2. The Kier molecular flexibility index (Phi) is 10.0. The molecule has 1 amide bonds. The van der Waals surface area contributed by atoms with Gasteiger partial charge in [-0.3, -0.25) is 9.59 Å². The standard InChI is InChI=1S/C23H35NO4/c25-21(16-14-19-9-4-3-5-10-19)17-15-20-11-8-12-22(26)24(20)18-7-2-1-6-13-23(27)28/h3-5,9-10,20-21,25H,1-2,6-8,11-18H2,(H,27,28)/t20-,21?/m1/s1. The molecule has 1 saturated heterocycles. The summed E-state index contributed by atoms with van der Waals surface area (Å²) in [7, 11) is 0. The maximum atomic E-state index is 12.4. The van der Waals surface area contributed by atoms with Gasteiger partial charge in [0, 0.05) is 25.4 Å². The average molecular weight is 390 g/mol. The number of likely N-dealkylation sites (tertiary alicyclic amines) is 1. The number of carbonyl (C=O) groups is 2. The summed E-state index contributed by atoms with van der Waals surface area (Å²) in [5.74, 6) is -0.502. The van der Waals surface area contributed by atoms with Gasteiger partial charge in [-0.2, -0.15) is 0 Å². The smallest absolute Gasteiger partial charge is 0.303 e. The van der Waals surface area contributed by atoms with Crippen LogP contribution >= 0.6 is 0 Å². The summed E-state index contributed by atoms with van der Waals surface area (Å²) in [5, 5.41) is 19.0. The summed E-state index contributed by atoms with van der Waals surface area (Å²) in [5.41, 5.74) is 1.25. The number of nitrogens with zero attached hydrogens (tertiary/aromatic N) is 1. The van der Waals surface area contributed by atoms with Gasteiger partial charge < -0.3 is 15.1 Å². The van der Waals surface area contributed by atoms with E-state index in [0.29, 0.717) is 12.8 Å². The van der Waals surface area contributed by atoms with Gasteiger partial charge in [0.1, 0.15) is 0 Å². The Balaban J connectivity index is 1.68. The number of amides is 1. The molecular weight excluding hydrogens is 354 g/mol. The summed E-state index contributed by atoms with van der Waals surface area (Å²) in [6.45, 7) is 0.761. The molecule has 156 valence electrons.